The minimum Gasteiger partial charge on any atom is -0.465 e. The fourth-order valence-electron chi connectivity index (χ4n) is 3.49. The summed E-state index contributed by atoms with van der Waals surface area (Å²) in [7, 11) is 0. The number of carbonyl (C=O) groups excluding carboxylic acids is 2. The molecule has 1 fully saturated rings. The molecule has 2 atom stereocenters. The van der Waals surface area contributed by atoms with Crippen molar-refractivity contribution in [1.29, 1.82) is 0 Å². The summed E-state index contributed by atoms with van der Waals surface area (Å²) in [6.07, 6.45) is 13.5. The normalized spacial score (nSPS) is 20.2. The molecule has 1 aliphatic rings. The van der Waals surface area contributed by atoms with E-state index in [-0.39, 0.29) is 23.8 Å². The van der Waals surface area contributed by atoms with Gasteiger partial charge in [-0.1, -0.05) is 71.6 Å². The zero-order valence-electron chi connectivity index (χ0n) is 16.4. The molecule has 0 radical (unpaired) electrons. The van der Waals surface area contributed by atoms with E-state index in [0.717, 1.165) is 51.4 Å². The Balaban J connectivity index is 2.31. The van der Waals surface area contributed by atoms with Gasteiger partial charge in [0.25, 0.3) is 0 Å². The fraction of sp³-hybridized carbons (Fsp3) is 0.905. The van der Waals surface area contributed by atoms with Crippen molar-refractivity contribution in [3.8, 4) is 0 Å². The molecule has 0 amide bonds. The smallest absolute Gasteiger partial charge is 0.309 e. The van der Waals surface area contributed by atoms with E-state index in [9.17, 15) is 9.59 Å². The molecule has 0 spiro atoms. The molecule has 0 N–H and O–H groups in total. The third-order valence-electron chi connectivity index (χ3n) is 5.11. The van der Waals surface area contributed by atoms with Crippen LogP contribution in [0.5, 0.6) is 0 Å². The van der Waals surface area contributed by atoms with Crippen molar-refractivity contribution in [3.63, 3.8) is 0 Å². The lowest BCUT2D eigenvalue weighted by Crippen LogP contribution is -2.35. The zero-order valence-corrected chi connectivity index (χ0v) is 16.4. The van der Waals surface area contributed by atoms with Crippen LogP contribution in [0.4, 0.5) is 0 Å². The minimum absolute atomic E-state index is 0.192. The molecule has 25 heavy (non-hydrogen) atoms. The Kier molecular flexibility index (Phi) is 12.4. The SMILES string of the molecule is CCCCCCCOC(=O)C1CCCCC1C(=O)OCCCCCC. The molecule has 0 aliphatic heterocycles. The second-order valence-corrected chi connectivity index (χ2v) is 7.31. The van der Waals surface area contributed by atoms with Gasteiger partial charge in [-0.2, -0.15) is 0 Å². The summed E-state index contributed by atoms with van der Waals surface area (Å²) >= 11 is 0. The molecular formula is C21H38O4. The van der Waals surface area contributed by atoms with Crippen molar-refractivity contribution in [1.82, 2.24) is 0 Å². The summed E-state index contributed by atoms with van der Waals surface area (Å²) in [5, 5.41) is 0. The van der Waals surface area contributed by atoms with Gasteiger partial charge >= 0.3 is 11.9 Å². The molecule has 0 aromatic rings. The van der Waals surface area contributed by atoms with E-state index < -0.39 is 0 Å². The van der Waals surface area contributed by atoms with Gasteiger partial charge in [0.1, 0.15) is 0 Å². The van der Waals surface area contributed by atoms with E-state index in [2.05, 4.69) is 13.8 Å². The lowest BCUT2D eigenvalue weighted by Gasteiger charge is -2.28. The zero-order chi connectivity index (χ0) is 18.3. The first-order chi connectivity index (χ1) is 12.2. The first kappa shape index (κ1) is 22.0. The monoisotopic (exact) mass is 354 g/mol. The predicted molar refractivity (Wildman–Crippen MR) is 100 cm³/mol. The quantitative estimate of drug-likeness (QED) is 0.327. The summed E-state index contributed by atoms with van der Waals surface area (Å²) in [4.78, 5) is 24.8. The maximum absolute atomic E-state index is 12.4. The Labute approximate surface area is 154 Å². The van der Waals surface area contributed by atoms with Crippen LogP contribution in [0, 0.1) is 11.8 Å². The first-order valence-corrected chi connectivity index (χ1v) is 10.5. The van der Waals surface area contributed by atoms with E-state index in [4.69, 9.17) is 9.47 Å². The summed E-state index contributed by atoms with van der Waals surface area (Å²) in [6, 6.07) is 0. The van der Waals surface area contributed by atoms with Crippen LogP contribution in [0.25, 0.3) is 0 Å². The van der Waals surface area contributed by atoms with Crippen molar-refractivity contribution in [2.75, 3.05) is 13.2 Å². The second kappa shape index (κ2) is 14.1. The van der Waals surface area contributed by atoms with Gasteiger partial charge in [-0.25, -0.2) is 0 Å². The third kappa shape index (κ3) is 9.27. The lowest BCUT2D eigenvalue weighted by molar-refractivity contribution is -0.163. The summed E-state index contributed by atoms with van der Waals surface area (Å²) in [6.45, 7) is 5.31. The molecule has 2 unspecified atom stereocenters. The molecule has 146 valence electrons. The molecule has 0 aromatic carbocycles. The summed E-state index contributed by atoms with van der Waals surface area (Å²) in [5.41, 5.74) is 0. The van der Waals surface area contributed by atoms with Gasteiger partial charge in [-0.3, -0.25) is 9.59 Å². The third-order valence-corrected chi connectivity index (χ3v) is 5.11. The predicted octanol–water partition coefficient (Wildman–Crippen LogP) is 5.43. The van der Waals surface area contributed by atoms with Crippen LogP contribution in [-0.4, -0.2) is 25.2 Å². The maximum atomic E-state index is 12.4. The van der Waals surface area contributed by atoms with Crippen LogP contribution >= 0.6 is 0 Å². The molecule has 0 saturated heterocycles. The molecule has 0 heterocycles. The number of esters is 2. The van der Waals surface area contributed by atoms with Crippen molar-refractivity contribution in [2.24, 2.45) is 11.8 Å². The molecule has 1 aliphatic carbocycles. The molecule has 4 nitrogen and oxygen atoms in total. The molecule has 1 saturated carbocycles. The lowest BCUT2D eigenvalue weighted by atomic mass is 9.79. The highest BCUT2D eigenvalue weighted by Crippen LogP contribution is 2.32. The van der Waals surface area contributed by atoms with Gasteiger partial charge < -0.3 is 9.47 Å². The number of hydrogen-bond acceptors (Lipinski definition) is 4. The van der Waals surface area contributed by atoms with E-state index >= 15 is 0 Å². The van der Waals surface area contributed by atoms with Crippen molar-refractivity contribution < 1.29 is 19.1 Å². The van der Waals surface area contributed by atoms with Gasteiger partial charge in [-0.05, 0) is 25.7 Å². The van der Waals surface area contributed by atoms with Crippen LogP contribution in [0.15, 0.2) is 0 Å². The van der Waals surface area contributed by atoms with Crippen LogP contribution in [0.1, 0.15) is 97.3 Å². The van der Waals surface area contributed by atoms with Gasteiger partial charge in [0.2, 0.25) is 0 Å². The highest BCUT2D eigenvalue weighted by molar-refractivity contribution is 5.82. The Morgan fingerprint density at radius 3 is 1.52 bits per heavy atom. The minimum atomic E-state index is -0.299. The molecule has 4 heteroatoms. The van der Waals surface area contributed by atoms with Crippen LogP contribution in [-0.2, 0) is 19.1 Å². The molecule has 0 bridgehead atoms. The largest absolute Gasteiger partial charge is 0.465 e. The number of rotatable bonds is 13. The number of unbranched alkanes of at least 4 members (excludes halogenated alkanes) is 7. The highest BCUT2D eigenvalue weighted by Gasteiger charge is 2.37. The van der Waals surface area contributed by atoms with Gasteiger partial charge in [0, 0.05) is 0 Å². The Bertz CT molecular complexity index is 367. The van der Waals surface area contributed by atoms with E-state index in [0.29, 0.717) is 13.2 Å². The Morgan fingerprint density at radius 1 is 0.680 bits per heavy atom. The van der Waals surface area contributed by atoms with Crippen LogP contribution in [0.3, 0.4) is 0 Å². The van der Waals surface area contributed by atoms with E-state index in [1.54, 1.807) is 0 Å². The number of ether oxygens (including phenoxy) is 2. The standard InChI is InChI=1S/C21H38O4/c1-3-5-7-9-13-17-25-21(23)19-15-11-10-14-18(19)20(22)24-16-12-8-6-4-2/h18-19H,3-17H2,1-2H3. The van der Waals surface area contributed by atoms with E-state index in [1.165, 1.54) is 32.1 Å². The van der Waals surface area contributed by atoms with E-state index in [1.807, 2.05) is 0 Å². The summed E-state index contributed by atoms with van der Waals surface area (Å²) in [5.74, 6) is -0.982. The molecule has 1 rings (SSSR count). The van der Waals surface area contributed by atoms with Crippen LogP contribution in [0.2, 0.25) is 0 Å². The molecular weight excluding hydrogens is 316 g/mol. The van der Waals surface area contributed by atoms with Crippen molar-refractivity contribution in [2.45, 2.75) is 97.3 Å². The Morgan fingerprint density at radius 2 is 1.08 bits per heavy atom. The maximum Gasteiger partial charge on any atom is 0.309 e. The summed E-state index contributed by atoms with van der Waals surface area (Å²) < 4.78 is 10.9. The average Bonchev–Trinajstić information content (AvgIpc) is 2.64. The topological polar surface area (TPSA) is 52.6 Å². The highest BCUT2D eigenvalue weighted by atomic mass is 16.5. The second-order valence-electron chi connectivity index (χ2n) is 7.31. The molecule has 0 aromatic heterocycles. The average molecular weight is 355 g/mol. The van der Waals surface area contributed by atoms with Crippen LogP contribution < -0.4 is 0 Å². The fourth-order valence-corrected chi connectivity index (χ4v) is 3.49. The van der Waals surface area contributed by atoms with Crippen molar-refractivity contribution in [3.05, 3.63) is 0 Å². The van der Waals surface area contributed by atoms with Gasteiger partial charge in [-0.15, -0.1) is 0 Å². The number of hydrogen-bond donors (Lipinski definition) is 0. The number of carbonyl (C=O) groups is 2. The van der Waals surface area contributed by atoms with Gasteiger partial charge in [0.05, 0.1) is 25.0 Å². The Hall–Kier alpha value is -1.06. The van der Waals surface area contributed by atoms with Crippen molar-refractivity contribution >= 4 is 11.9 Å². The first-order valence-electron chi connectivity index (χ1n) is 10.5. The van der Waals surface area contributed by atoms with Gasteiger partial charge in [0.15, 0.2) is 0 Å².